The van der Waals surface area contributed by atoms with Crippen LogP contribution in [-0.4, -0.2) is 39.6 Å². The molecular weight excluding hydrogens is 220 g/mol. The number of anilines is 1. The molecule has 0 bridgehead atoms. The van der Waals surface area contributed by atoms with Crippen LogP contribution in [0.3, 0.4) is 0 Å². The fourth-order valence-electron chi connectivity index (χ4n) is 2.21. The van der Waals surface area contributed by atoms with Crippen molar-refractivity contribution < 1.29 is 4.79 Å². The molecule has 7 heteroatoms. The molecule has 3 N–H and O–H groups in total. The average molecular weight is 238 g/mol. The molecule has 1 saturated heterocycles. The predicted molar refractivity (Wildman–Crippen MR) is 62.2 cm³/mol. The van der Waals surface area contributed by atoms with Crippen molar-refractivity contribution in [1.82, 2.24) is 25.9 Å². The van der Waals surface area contributed by atoms with E-state index in [-0.39, 0.29) is 11.9 Å². The lowest BCUT2D eigenvalue weighted by atomic mass is 9.85. The Morgan fingerprint density at radius 2 is 2.53 bits per heavy atom. The van der Waals surface area contributed by atoms with Crippen LogP contribution in [-0.2, 0) is 4.79 Å². The number of carbonyl (C=O) groups excluding carboxylic acids is 1. The zero-order valence-electron chi connectivity index (χ0n) is 9.94. The van der Waals surface area contributed by atoms with Crippen LogP contribution in [0.5, 0.6) is 0 Å². The molecule has 1 fully saturated rings. The number of amides is 1. The van der Waals surface area contributed by atoms with Crippen molar-refractivity contribution in [3.63, 3.8) is 0 Å². The smallest absolute Gasteiger partial charge is 0.269 e. The summed E-state index contributed by atoms with van der Waals surface area (Å²) in [4.78, 5) is 11.7. The first-order valence-corrected chi connectivity index (χ1v) is 5.99. The molecule has 0 aliphatic carbocycles. The summed E-state index contributed by atoms with van der Waals surface area (Å²) in [6.07, 6.45) is 2.89. The molecule has 7 nitrogen and oxygen atoms in total. The summed E-state index contributed by atoms with van der Waals surface area (Å²) in [5.41, 5.74) is 0. The van der Waals surface area contributed by atoms with Gasteiger partial charge in [0.1, 0.15) is 0 Å². The van der Waals surface area contributed by atoms with Crippen molar-refractivity contribution in [2.75, 3.05) is 18.4 Å². The van der Waals surface area contributed by atoms with E-state index >= 15 is 0 Å². The van der Waals surface area contributed by atoms with Crippen LogP contribution < -0.4 is 10.6 Å². The predicted octanol–water partition coefficient (Wildman–Crippen LogP) is 0.164. The van der Waals surface area contributed by atoms with E-state index in [1.54, 1.807) is 0 Å². The van der Waals surface area contributed by atoms with Crippen LogP contribution in [0.4, 0.5) is 5.95 Å². The number of tetrazole rings is 1. The summed E-state index contributed by atoms with van der Waals surface area (Å²) < 4.78 is 0. The highest BCUT2D eigenvalue weighted by Gasteiger charge is 2.22. The van der Waals surface area contributed by atoms with Gasteiger partial charge in [0.25, 0.3) is 5.95 Å². The van der Waals surface area contributed by atoms with Crippen molar-refractivity contribution in [2.45, 2.75) is 26.2 Å². The highest BCUT2D eigenvalue weighted by Crippen LogP contribution is 2.22. The number of nitrogens with zero attached hydrogens (tertiary/aromatic N) is 3. The van der Waals surface area contributed by atoms with Gasteiger partial charge in [-0.3, -0.25) is 10.1 Å². The summed E-state index contributed by atoms with van der Waals surface area (Å²) in [6.45, 7) is 4.22. The summed E-state index contributed by atoms with van der Waals surface area (Å²) in [5.74, 6) is 1.14. The van der Waals surface area contributed by atoms with Gasteiger partial charge in [-0.25, -0.2) is 0 Å². The molecule has 1 aliphatic heterocycles. The molecule has 1 aliphatic rings. The minimum Gasteiger partial charge on any atom is -0.316 e. The van der Waals surface area contributed by atoms with Gasteiger partial charge >= 0.3 is 0 Å². The quantitative estimate of drug-likeness (QED) is 0.694. The van der Waals surface area contributed by atoms with Crippen molar-refractivity contribution in [2.24, 2.45) is 11.8 Å². The molecule has 1 amide bonds. The van der Waals surface area contributed by atoms with Crippen LogP contribution in [0.25, 0.3) is 0 Å². The summed E-state index contributed by atoms with van der Waals surface area (Å²) >= 11 is 0. The second-order valence-corrected chi connectivity index (χ2v) is 4.57. The van der Waals surface area contributed by atoms with Gasteiger partial charge < -0.3 is 5.32 Å². The van der Waals surface area contributed by atoms with Crippen molar-refractivity contribution in [1.29, 1.82) is 0 Å². The standard InChI is InChI=1S/C10H18N6O/c1-7(8-3-2-4-11-6-8)5-9(17)12-10-13-15-16-14-10/h7-8,11H,2-6H2,1H3,(H2,12,13,14,15,16,17). The Labute approximate surface area is 99.7 Å². The second kappa shape index (κ2) is 5.72. The van der Waals surface area contributed by atoms with E-state index in [4.69, 9.17) is 0 Å². The first kappa shape index (κ1) is 12.0. The molecule has 0 aromatic carbocycles. The molecule has 0 spiro atoms. The topological polar surface area (TPSA) is 95.6 Å². The molecule has 2 rings (SSSR count). The number of H-pyrrole nitrogens is 1. The molecule has 94 valence electrons. The van der Waals surface area contributed by atoms with E-state index in [9.17, 15) is 4.79 Å². The number of piperidine rings is 1. The Balaban J connectivity index is 1.77. The molecule has 1 aromatic rings. The Morgan fingerprint density at radius 1 is 1.65 bits per heavy atom. The monoisotopic (exact) mass is 238 g/mol. The highest BCUT2D eigenvalue weighted by atomic mass is 16.1. The van der Waals surface area contributed by atoms with Gasteiger partial charge in [-0.15, -0.1) is 5.10 Å². The number of hydrogen-bond donors (Lipinski definition) is 3. The second-order valence-electron chi connectivity index (χ2n) is 4.57. The van der Waals surface area contributed by atoms with Crippen LogP contribution in [0, 0.1) is 11.8 Å². The van der Waals surface area contributed by atoms with Crippen LogP contribution in [0.15, 0.2) is 0 Å². The number of nitrogens with one attached hydrogen (secondary N) is 3. The van der Waals surface area contributed by atoms with E-state index in [0.717, 1.165) is 13.1 Å². The highest BCUT2D eigenvalue weighted by molar-refractivity contribution is 5.88. The summed E-state index contributed by atoms with van der Waals surface area (Å²) in [7, 11) is 0. The third-order valence-corrected chi connectivity index (χ3v) is 3.24. The fraction of sp³-hybridized carbons (Fsp3) is 0.800. The third kappa shape index (κ3) is 3.48. The number of aromatic amines is 1. The Kier molecular flexibility index (Phi) is 4.03. The minimum absolute atomic E-state index is 0.0514. The first-order chi connectivity index (χ1) is 8.25. The van der Waals surface area contributed by atoms with E-state index in [2.05, 4.69) is 38.2 Å². The van der Waals surface area contributed by atoms with E-state index in [0.29, 0.717) is 18.3 Å². The first-order valence-electron chi connectivity index (χ1n) is 5.99. The number of carbonyl (C=O) groups is 1. The lowest BCUT2D eigenvalue weighted by Gasteiger charge is -2.27. The molecule has 2 unspecified atom stereocenters. The maximum absolute atomic E-state index is 11.7. The van der Waals surface area contributed by atoms with E-state index < -0.39 is 0 Å². The lowest BCUT2D eigenvalue weighted by Crippen LogP contribution is -2.34. The maximum Gasteiger partial charge on any atom is 0.269 e. The summed E-state index contributed by atoms with van der Waals surface area (Å²) in [5, 5.41) is 19.0. The number of aromatic nitrogens is 4. The molecule has 0 saturated carbocycles. The van der Waals surface area contributed by atoms with Gasteiger partial charge in [-0.1, -0.05) is 12.0 Å². The summed E-state index contributed by atoms with van der Waals surface area (Å²) in [6, 6.07) is 0. The van der Waals surface area contributed by atoms with E-state index in [1.807, 2.05) is 0 Å². The zero-order chi connectivity index (χ0) is 12.1. The third-order valence-electron chi connectivity index (χ3n) is 3.24. The normalized spacial score (nSPS) is 22.1. The molecular formula is C10H18N6O. The van der Waals surface area contributed by atoms with Crippen molar-refractivity contribution in [3.05, 3.63) is 0 Å². The van der Waals surface area contributed by atoms with Crippen LogP contribution in [0.1, 0.15) is 26.2 Å². The van der Waals surface area contributed by atoms with Crippen LogP contribution >= 0.6 is 0 Å². The number of rotatable bonds is 4. The van der Waals surface area contributed by atoms with Gasteiger partial charge in [0.05, 0.1) is 0 Å². The van der Waals surface area contributed by atoms with Crippen molar-refractivity contribution >= 4 is 11.9 Å². The molecule has 2 atom stereocenters. The molecule has 0 radical (unpaired) electrons. The number of hydrogen-bond acceptors (Lipinski definition) is 5. The largest absolute Gasteiger partial charge is 0.316 e. The van der Waals surface area contributed by atoms with Gasteiger partial charge in [-0.2, -0.15) is 5.21 Å². The lowest BCUT2D eigenvalue weighted by molar-refractivity contribution is -0.117. The van der Waals surface area contributed by atoms with Gasteiger partial charge in [0.15, 0.2) is 0 Å². The minimum atomic E-state index is -0.0514. The van der Waals surface area contributed by atoms with Gasteiger partial charge in [0.2, 0.25) is 5.91 Å². The Hall–Kier alpha value is -1.50. The maximum atomic E-state index is 11.7. The van der Waals surface area contributed by atoms with Crippen molar-refractivity contribution in [3.8, 4) is 0 Å². The zero-order valence-corrected chi connectivity index (χ0v) is 9.94. The van der Waals surface area contributed by atoms with Gasteiger partial charge in [0, 0.05) is 6.42 Å². The van der Waals surface area contributed by atoms with Gasteiger partial charge in [-0.05, 0) is 43.0 Å². The molecule has 17 heavy (non-hydrogen) atoms. The average Bonchev–Trinajstić information content (AvgIpc) is 2.82. The SMILES string of the molecule is CC(CC(=O)Nc1nn[nH]n1)C1CCCNC1. The Bertz CT molecular complexity index is 346. The van der Waals surface area contributed by atoms with Crippen LogP contribution in [0.2, 0.25) is 0 Å². The molecule has 2 heterocycles. The molecule has 1 aromatic heterocycles. The Morgan fingerprint density at radius 3 is 3.18 bits per heavy atom. The van der Waals surface area contributed by atoms with E-state index in [1.165, 1.54) is 12.8 Å². The fourth-order valence-corrected chi connectivity index (χ4v) is 2.21.